The van der Waals surface area contributed by atoms with Crippen molar-refractivity contribution in [3.63, 3.8) is 0 Å². The molecule has 2 aromatic rings. The number of rotatable bonds is 3. The van der Waals surface area contributed by atoms with Crippen molar-refractivity contribution in [1.82, 2.24) is 4.98 Å². The lowest BCUT2D eigenvalue weighted by molar-refractivity contribution is -0.129. The van der Waals surface area contributed by atoms with Gasteiger partial charge in [-0.1, -0.05) is 12.1 Å². The van der Waals surface area contributed by atoms with Crippen molar-refractivity contribution in [2.75, 3.05) is 7.11 Å². The van der Waals surface area contributed by atoms with Crippen LogP contribution < -0.4 is 4.74 Å². The molecular formula is C16H11BrN2O3. The van der Waals surface area contributed by atoms with Crippen LogP contribution in [0.25, 0.3) is 6.08 Å². The van der Waals surface area contributed by atoms with Crippen molar-refractivity contribution in [3.8, 4) is 5.75 Å². The summed E-state index contributed by atoms with van der Waals surface area (Å²) in [5.41, 5.74) is 1.73. The fourth-order valence-electron chi connectivity index (χ4n) is 1.92. The molecule has 1 aromatic carbocycles. The van der Waals surface area contributed by atoms with E-state index in [1.807, 2.05) is 24.3 Å². The lowest BCUT2D eigenvalue weighted by Gasteiger charge is -1.99. The van der Waals surface area contributed by atoms with E-state index in [9.17, 15) is 4.79 Å². The number of hydrogen-bond donors (Lipinski definition) is 0. The maximum Gasteiger partial charge on any atom is 0.363 e. The predicted molar refractivity (Wildman–Crippen MR) is 85.5 cm³/mol. The van der Waals surface area contributed by atoms with Gasteiger partial charge in [0, 0.05) is 16.9 Å². The van der Waals surface area contributed by atoms with E-state index in [-0.39, 0.29) is 11.6 Å². The van der Waals surface area contributed by atoms with Gasteiger partial charge in [-0.25, -0.2) is 9.79 Å². The summed E-state index contributed by atoms with van der Waals surface area (Å²) in [6.45, 7) is 0. The molecule has 22 heavy (non-hydrogen) atoms. The average molecular weight is 359 g/mol. The van der Waals surface area contributed by atoms with Crippen molar-refractivity contribution < 1.29 is 14.3 Å². The van der Waals surface area contributed by atoms with Crippen molar-refractivity contribution >= 4 is 33.9 Å². The molecule has 0 aliphatic carbocycles. The van der Waals surface area contributed by atoms with Crippen LogP contribution in [0.2, 0.25) is 0 Å². The summed E-state index contributed by atoms with van der Waals surface area (Å²) in [4.78, 5) is 20.2. The third-order valence-electron chi connectivity index (χ3n) is 2.99. The minimum Gasteiger partial charge on any atom is -0.497 e. The molecular weight excluding hydrogens is 348 g/mol. The zero-order valence-corrected chi connectivity index (χ0v) is 13.2. The number of cyclic esters (lactones) is 1. The van der Waals surface area contributed by atoms with E-state index in [4.69, 9.17) is 9.47 Å². The molecule has 0 atom stereocenters. The van der Waals surface area contributed by atoms with Crippen LogP contribution in [0.3, 0.4) is 0 Å². The molecule has 1 aliphatic heterocycles. The van der Waals surface area contributed by atoms with Gasteiger partial charge in [0.1, 0.15) is 5.75 Å². The number of halogens is 1. The molecule has 2 heterocycles. The Hall–Kier alpha value is -2.47. The number of pyridine rings is 1. The van der Waals surface area contributed by atoms with Crippen LogP contribution in [-0.4, -0.2) is 24.0 Å². The summed E-state index contributed by atoms with van der Waals surface area (Å²) in [5, 5.41) is 0. The second kappa shape index (κ2) is 6.11. The van der Waals surface area contributed by atoms with Gasteiger partial charge in [-0.15, -0.1) is 0 Å². The minimum atomic E-state index is -0.481. The Labute approximate surface area is 135 Å². The van der Waals surface area contributed by atoms with E-state index in [0.717, 1.165) is 15.8 Å². The van der Waals surface area contributed by atoms with Crippen LogP contribution >= 0.6 is 15.9 Å². The van der Waals surface area contributed by atoms with Crippen LogP contribution in [0.5, 0.6) is 5.75 Å². The second-order valence-corrected chi connectivity index (χ2v) is 5.42. The van der Waals surface area contributed by atoms with Gasteiger partial charge in [0.25, 0.3) is 0 Å². The van der Waals surface area contributed by atoms with Crippen LogP contribution in [0.1, 0.15) is 11.1 Å². The molecule has 1 aromatic heterocycles. The predicted octanol–water partition coefficient (Wildman–Crippen LogP) is 3.20. The summed E-state index contributed by atoms with van der Waals surface area (Å²) < 4.78 is 11.1. The van der Waals surface area contributed by atoms with Crippen LogP contribution in [0, 0.1) is 0 Å². The number of ether oxygens (including phenoxy) is 2. The van der Waals surface area contributed by atoms with Crippen molar-refractivity contribution in [3.05, 3.63) is 64.0 Å². The maximum atomic E-state index is 11.9. The first kappa shape index (κ1) is 14.5. The van der Waals surface area contributed by atoms with E-state index >= 15 is 0 Å². The molecule has 0 fully saturated rings. The first-order valence-corrected chi connectivity index (χ1v) is 7.22. The largest absolute Gasteiger partial charge is 0.497 e. The molecule has 5 nitrogen and oxygen atoms in total. The standard InChI is InChI=1S/C16H11BrN2O3/c1-21-13-4-2-10(3-5-13)6-14-16(20)22-15(19-14)11-7-12(17)9-18-8-11/h2-9H,1H3/b14-6-. The Bertz CT molecular complexity index is 782. The number of carbonyl (C=O) groups is 1. The first-order chi connectivity index (χ1) is 10.7. The molecule has 110 valence electrons. The van der Waals surface area contributed by atoms with Crippen molar-refractivity contribution in [2.24, 2.45) is 4.99 Å². The number of esters is 1. The highest BCUT2D eigenvalue weighted by molar-refractivity contribution is 9.10. The van der Waals surface area contributed by atoms with E-state index < -0.39 is 5.97 Å². The fraction of sp³-hybridized carbons (Fsp3) is 0.0625. The summed E-state index contributed by atoms with van der Waals surface area (Å²) in [6.07, 6.45) is 4.91. The maximum absolute atomic E-state index is 11.9. The first-order valence-electron chi connectivity index (χ1n) is 6.43. The number of carbonyl (C=O) groups excluding carboxylic acids is 1. The molecule has 0 saturated heterocycles. The molecule has 1 aliphatic rings. The molecule has 6 heteroatoms. The highest BCUT2D eigenvalue weighted by Gasteiger charge is 2.24. The summed E-state index contributed by atoms with van der Waals surface area (Å²) in [6, 6.07) is 9.10. The minimum absolute atomic E-state index is 0.249. The van der Waals surface area contributed by atoms with Gasteiger partial charge in [0.15, 0.2) is 5.70 Å². The number of nitrogens with zero attached hydrogens (tertiary/aromatic N) is 2. The van der Waals surface area contributed by atoms with Crippen LogP contribution in [0.15, 0.2) is 57.9 Å². The lowest BCUT2D eigenvalue weighted by Crippen LogP contribution is -2.05. The van der Waals surface area contributed by atoms with Crippen molar-refractivity contribution in [2.45, 2.75) is 0 Å². The highest BCUT2D eigenvalue weighted by atomic mass is 79.9. The molecule has 0 spiro atoms. The summed E-state index contributed by atoms with van der Waals surface area (Å²) in [7, 11) is 1.60. The molecule has 0 saturated carbocycles. The van der Waals surface area contributed by atoms with Gasteiger partial charge in [-0.2, -0.15) is 0 Å². The Morgan fingerprint density at radius 1 is 1.23 bits per heavy atom. The van der Waals surface area contributed by atoms with Gasteiger partial charge >= 0.3 is 5.97 Å². The molecule has 0 unspecified atom stereocenters. The Kier molecular flexibility index (Phi) is 4.02. The lowest BCUT2D eigenvalue weighted by atomic mass is 10.2. The molecule has 0 radical (unpaired) electrons. The molecule has 0 N–H and O–H groups in total. The number of aliphatic imine (C=N–C) groups is 1. The number of methoxy groups -OCH3 is 1. The monoisotopic (exact) mass is 358 g/mol. The van der Waals surface area contributed by atoms with E-state index in [1.54, 1.807) is 31.6 Å². The van der Waals surface area contributed by atoms with Gasteiger partial charge in [0.2, 0.25) is 5.90 Å². The van der Waals surface area contributed by atoms with Crippen molar-refractivity contribution in [1.29, 1.82) is 0 Å². The van der Waals surface area contributed by atoms with Gasteiger partial charge in [0.05, 0.1) is 12.7 Å². The topological polar surface area (TPSA) is 60.8 Å². The Morgan fingerprint density at radius 3 is 2.68 bits per heavy atom. The third-order valence-corrected chi connectivity index (χ3v) is 3.43. The van der Waals surface area contributed by atoms with Gasteiger partial charge in [-0.05, 0) is 45.8 Å². The molecule has 0 amide bonds. The molecule has 0 bridgehead atoms. The van der Waals surface area contributed by atoms with Gasteiger partial charge < -0.3 is 9.47 Å². The van der Waals surface area contributed by atoms with E-state index in [0.29, 0.717) is 5.56 Å². The Morgan fingerprint density at radius 2 is 2.00 bits per heavy atom. The Balaban J connectivity index is 1.90. The van der Waals surface area contributed by atoms with E-state index in [1.165, 1.54) is 0 Å². The molecule has 3 rings (SSSR count). The number of benzene rings is 1. The number of hydrogen-bond acceptors (Lipinski definition) is 5. The van der Waals surface area contributed by atoms with E-state index in [2.05, 4.69) is 25.9 Å². The van der Waals surface area contributed by atoms with Gasteiger partial charge in [-0.3, -0.25) is 4.98 Å². The number of aromatic nitrogens is 1. The summed E-state index contributed by atoms with van der Waals surface area (Å²) >= 11 is 3.32. The average Bonchev–Trinajstić information content (AvgIpc) is 2.89. The second-order valence-electron chi connectivity index (χ2n) is 4.50. The summed E-state index contributed by atoms with van der Waals surface area (Å²) in [5.74, 6) is 0.518. The SMILES string of the molecule is COc1ccc(/C=C2\N=C(c3cncc(Br)c3)OC2=O)cc1. The highest BCUT2D eigenvalue weighted by Crippen LogP contribution is 2.21. The van der Waals surface area contributed by atoms with Crippen LogP contribution in [0.4, 0.5) is 0 Å². The zero-order valence-electron chi connectivity index (χ0n) is 11.6. The normalized spacial score (nSPS) is 15.6. The fourth-order valence-corrected chi connectivity index (χ4v) is 2.28. The third kappa shape index (κ3) is 3.07. The smallest absolute Gasteiger partial charge is 0.363 e. The zero-order chi connectivity index (χ0) is 15.5. The quantitative estimate of drug-likeness (QED) is 0.624. The van der Waals surface area contributed by atoms with Crippen LogP contribution in [-0.2, 0) is 9.53 Å².